The van der Waals surface area contributed by atoms with Crippen molar-refractivity contribution in [2.45, 2.75) is 18.9 Å². The zero-order valence-corrected chi connectivity index (χ0v) is 12.3. The smallest absolute Gasteiger partial charge is 0.232 e. The first-order valence-corrected chi connectivity index (χ1v) is 8.01. The van der Waals surface area contributed by atoms with Crippen LogP contribution in [0.3, 0.4) is 0 Å². The molecule has 1 unspecified atom stereocenters. The van der Waals surface area contributed by atoms with Crippen molar-refractivity contribution in [1.82, 2.24) is 4.90 Å². The second-order valence-corrected chi connectivity index (χ2v) is 6.01. The Morgan fingerprint density at radius 1 is 1.25 bits per heavy atom. The van der Waals surface area contributed by atoms with Crippen molar-refractivity contribution < 1.29 is 9.59 Å². The van der Waals surface area contributed by atoms with Gasteiger partial charge >= 0.3 is 0 Å². The van der Waals surface area contributed by atoms with Crippen LogP contribution in [0.5, 0.6) is 0 Å². The summed E-state index contributed by atoms with van der Waals surface area (Å²) in [5.74, 6) is 0.853. The van der Waals surface area contributed by atoms with E-state index in [1.54, 1.807) is 12.1 Å². The molecule has 108 valence electrons. The van der Waals surface area contributed by atoms with Gasteiger partial charge in [-0.3, -0.25) is 9.59 Å². The third-order valence-corrected chi connectivity index (χ3v) is 4.28. The van der Waals surface area contributed by atoms with Gasteiger partial charge in [0.2, 0.25) is 5.91 Å². The molecule has 5 heteroatoms. The van der Waals surface area contributed by atoms with Gasteiger partial charge < -0.3 is 10.6 Å². The number of Topliss-reactive ketones (excluding diaryl/α,β-unsaturated/α-hetero) is 1. The zero-order chi connectivity index (χ0) is 14.4. The topological polar surface area (TPSA) is 63.4 Å². The van der Waals surface area contributed by atoms with Crippen molar-refractivity contribution >= 4 is 23.5 Å². The van der Waals surface area contributed by atoms with E-state index in [0.29, 0.717) is 23.6 Å². The highest BCUT2D eigenvalue weighted by molar-refractivity contribution is 8.00. The fourth-order valence-corrected chi connectivity index (χ4v) is 3.08. The third kappa shape index (κ3) is 4.35. The quantitative estimate of drug-likeness (QED) is 0.836. The number of carbonyl (C=O) groups is 2. The summed E-state index contributed by atoms with van der Waals surface area (Å²) in [6.45, 7) is 1.44. The van der Waals surface area contributed by atoms with E-state index in [9.17, 15) is 9.59 Å². The van der Waals surface area contributed by atoms with E-state index in [0.717, 1.165) is 19.4 Å². The molecule has 4 nitrogen and oxygen atoms in total. The Morgan fingerprint density at radius 3 is 2.70 bits per heavy atom. The molecule has 0 aliphatic carbocycles. The molecule has 1 atom stereocenters. The number of benzene rings is 1. The van der Waals surface area contributed by atoms with Gasteiger partial charge in [-0.2, -0.15) is 0 Å². The Bertz CT molecular complexity index is 464. The lowest BCUT2D eigenvalue weighted by Crippen LogP contribution is -2.46. The van der Waals surface area contributed by atoms with E-state index in [1.807, 2.05) is 23.1 Å². The molecule has 0 radical (unpaired) electrons. The van der Waals surface area contributed by atoms with Crippen LogP contribution in [0.1, 0.15) is 23.2 Å². The normalized spacial score (nSPS) is 18.9. The number of hydrogen-bond donors (Lipinski definition) is 1. The van der Waals surface area contributed by atoms with Crippen LogP contribution in [-0.2, 0) is 4.79 Å². The van der Waals surface area contributed by atoms with Crippen molar-refractivity contribution in [3.63, 3.8) is 0 Å². The number of ketones is 1. The molecule has 0 bridgehead atoms. The molecule has 1 saturated heterocycles. The number of likely N-dealkylation sites (tertiary alicyclic amines) is 1. The molecule has 0 saturated carbocycles. The van der Waals surface area contributed by atoms with Gasteiger partial charge in [0.05, 0.1) is 11.5 Å². The van der Waals surface area contributed by atoms with Crippen LogP contribution in [0.15, 0.2) is 30.3 Å². The van der Waals surface area contributed by atoms with Gasteiger partial charge in [-0.1, -0.05) is 30.3 Å². The Labute approximate surface area is 123 Å². The van der Waals surface area contributed by atoms with Crippen LogP contribution < -0.4 is 5.73 Å². The number of rotatable bonds is 5. The molecule has 1 aromatic rings. The first-order valence-electron chi connectivity index (χ1n) is 6.86. The lowest BCUT2D eigenvalue weighted by atomic mass is 10.1. The molecule has 1 aliphatic heterocycles. The van der Waals surface area contributed by atoms with E-state index in [1.165, 1.54) is 11.8 Å². The van der Waals surface area contributed by atoms with Gasteiger partial charge in [0.25, 0.3) is 0 Å². The zero-order valence-electron chi connectivity index (χ0n) is 11.5. The minimum absolute atomic E-state index is 0.0683. The van der Waals surface area contributed by atoms with E-state index in [4.69, 9.17) is 5.73 Å². The van der Waals surface area contributed by atoms with Gasteiger partial charge in [0, 0.05) is 24.7 Å². The average molecular weight is 292 g/mol. The largest absolute Gasteiger partial charge is 0.340 e. The molecular formula is C15H20N2O2S. The van der Waals surface area contributed by atoms with Crippen molar-refractivity contribution in [3.05, 3.63) is 35.9 Å². The van der Waals surface area contributed by atoms with E-state index >= 15 is 0 Å². The minimum Gasteiger partial charge on any atom is -0.340 e. The maximum absolute atomic E-state index is 12.0. The molecule has 1 fully saturated rings. The van der Waals surface area contributed by atoms with Gasteiger partial charge in [-0.15, -0.1) is 11.8 Å². The van der Waals surface area contributed by atoms with E-state index in [2.05, 4.69) is 0 Å². The number of nitrogens with zero attached hydrogens (tertiary/aromatic N) is 1. The SMILES string of the molecule is NC1CCCN(C(=O)CSCC(=O)c2ccccc2)C1. The van der Waals surface area contributed by atoms with Crippen molar-refractivity contribution in [3.8, 4) is 0 Å². The van der Waals surface area contributed by atoms with Gasteiger partial charge in [0.15, 0.2) is 5.78 Å². The maximum atomic E-state index is 12.0. The predicted octanol–water partition coefficient (Wildman–Crippen LogP) is 1.55. The van der Waals surface area contributed by atoms with Crippen LogP contribution in [0.4, 0.5) is 0 Å². The van der Waals surface area contributed by atoms with Crippen molar-refractivity contribution in [2.75, 3.05) is 24.6 Å². The van der Waals surface area contributed by atoms with Crippen LogP contribution in [0.2, 0.25) is 0 Å². The summed E-state index contributed by atoms with van der Waals surface area (Å²) in [4.78, 5) is 25.7. The number of thioether (sulfide) groups is 1. The molecule has 1 aromatic carbocycles. The fraction of sp³-hybridized carbons (Fsp3) is 0.467. The van der Waals surface area contributed by atoms with Gasteiger partial charge in [0.1, 0.15) is 0 Å². The predicted molar refractivity (Wildman–Crippen MR) is 81.9 cm³/mol. The molecular weight excluding hydrogens is 272 g/mol. The van der Waals surface area contributed by atoms with Crippen LogP contribution in [0, 0.1) is 0 Å². The third-order valence-electron chi connectivity index (χ3n) is 3.37. The highest BCUT2D eigenvalue weighted by atomic mass is 32.2. The molecule has 0 aromatic heterocycles. The Balaban J connectivity index is 1.73. The highest BCUT2D eigenvalue weighted by Gasteiger charge is 2.21. The summed E-state index contributed by atoms with van der Waals surface area (Å²) in [6, 6.07) is 9.27. The number of carbonyl (C=O) groups excluding carboxylic acids is 2. The van der Waals surface area contributed by atoms with Gasteiger partial charge in [-0.05, 0) is 12.8 Å². The number of hydrogen-bond acceptors (Lipinski definition) is 4. The molecule has 1 amide bonds. The lowest BCUT2D eigenvalue weighted by Gasteiger charge is -2.30. The molecule has 1 aliphatic rings. The first kappa shape index (κ1) is 15.1. The van der Waals surface area contributed by atoms with E-state index < -0.39 is 0 Å². The minimum atomic E-state index is 0.0683. The molecule has 2 N–H and O–H groups in total. The number of nitrogens with two attached hydrogens (primary N) is 1. The lowest BCUT2D eigenvalue weighted by molar-refractivity contribution is -0.129. The number of amides is 1. The second-order valence-electron chi connectivity index (χ2n) is 5.02. The Hall–Kier alpha value is -1.33. The number of piperidine rings is 1. The van der Waals surface area contributed by atoms with Gasteiger partial charge in [-0.25, -0.2) is 0 Å². The summed E-state index contributed by atoms with van der Waals surface area (Å²) in [5.41, 5.74) is 6.56. The van der Waals surface area contributed by atoms with Crippen LogP contribution in [0.25, 0.3) is 0 Å². The molecule has 20 heavy (non-hydrogen) atoms. The Kier molecular flexibility index (Phi) is 5.61. The van der Waals surface area contributed by atoms with Crippen molar-refractivity contribution in [1.29, 1.82) is 0 Å². The molecule has 1 heterocycles. The standard InChI is InChI=1S/C15H20N2O2S/c16-13-7-4-8-17(9-13)15(19)11-20-10-14(18)12-5-2-1-3-6-12/h1-3,5-6,13H,4,7-11,16H2. The summed E-state index contributed by atoms with van der Waals surface area (Å²) in [6.07, 6.45) is 1.96. The summed E-state index contributed by atoms with van der Waals surface area (Å²) >= 11 is 1.38. The summed E-state index contributed by atoms with van der Waals surface area (Å²) in [5, 5.41) is 0. The Morgan fingerprint density at radius 2 is 2.00 bits per heavy atom. The summed E-state index contributed by atoms with van der Waals surface area (Å²) < 4.78 is 0. The first-order chi connectivity index (χ1) is 9.66. The highest BCUT2D eigenvalue weighted by Crippen LogP contribution is 2.12. The second kappa shape index (κ2) is 7.45. The maximum Gasteiger partial charge on any atom is 0.232 e. The summed E-state index contributed by atoms with van der Waals surface area (Å²) in [7, 11) is 0. The average Bonchev–Trinajstić information content (AvgIpc) is 2.48. The van der Waals surface area contributed by atoms with Crippen LogP contribution >= 0.6 is 11.8 Å². The van der Waals surface area contributed by atoms with Crippen molar-refractivity contribution in [2.24, 2.45) is 5.73 Å². The molecule has 0 spiro atoms. The van der Waals surface area contributed by atoms with E-state index in [-0.39, 0.29) is 17.7 Å². The fourth-order valence-electron chi connectivity index (χ4n) is 2.27. The van der Waals surface area contributed by atoms with Crippen LogP contribution in [-0.4, -0.2) is 47.2 Å². The monoisotopic (exact) mass is 292 g/mol. The molecule has 2 rings (SSSR count).